The molecule has 0 radical (unpaired) electrons. The summed E-state index contributed by atoms with van der Waals surface area (Å²) in [6.07, 6.45) is 3.80. The van der Waals surface area contributed by atoms with Crippen LogP contribution < -0.4 is 5.73 Å². The Balaban J connectivity index is 1.87. The van der Waals surface area contributed by atoms with E-state index in [1.54, 1.807) is 0 Å². The van der Waals surface area contributed by atoms with Crippen LogP contribution in [0, 0.1) is 5.92 Å². The first-order chi connectivity index (χ1) is 8.41. The van der Waals surface area contributed by atoms with Crippen molar-refractivity contribution in [1.82, 2.24) is 0 Å². The van der Waals surface area contributed by atoms with Crippen LogP contribution in [0.25, 0.3) is 0 Å². The van der Waals surface area contributed by atoms with Gasteiger partial charge in [-0.3, -0.25) is 4.79 Å². The van der Waals surface area contributed by atoms with Gasteiger partial charge in [0.1, 0.15) is 5.54 Å². The molecule has 0 bridgehead atoms. The van der Waals surface area contributed by atoms with Crippen molar-refractivity contribution in [3.8, 4) is 0 Å². The second kappa shape index (κ2) is 5.15. The maximum Gasteiger partial charge on any atom is 0.326 e. The lowest BCUT2D eigenvalue weighted by Gasteiger charge is -2.34. The van der Waals surface area contributed by atoms with E-state index in [1.165, 1.54) is 0 Å². The molecule has 3 atom stereocenters. The van der Waals surface area contributed by atoms with Crippen LogP contribution in [0.15, 0.2) is 0 Å². The van der Waals surface area contributed by atoms with Crippen LogP contribution in [0.1, 0.15) is 39.5 Å². The Hall–Kier alpha value is -0.650. The van der Waals surface area contributed by atoms with Crippen LogP contribution in [-0.4, -0.2) is 41.5 Å². The van der Waals surface area contributed by atoms with Gasteiger partial charge < -0.3 is 20.3 Å². The molecular weight excluding hydrogens is 234 g/mol. The van der Waals surface area contributed by atoms with E-state index >= 15 is 0 Å². The summed E-state index contributed by atoms with van der Waals surface area (Å²) in [6, 6.07) is 0. The number of rotatable bonds is 5. The second-order valence-electron chi connectivity index (χ2n) is 5.78. The predicted molar refractivity (Wildman–Crippen MR) is 66.3 cm³/mol. The van der Waals surface area contributed by atoms with Crippen molar-refractivity contribution in [3.05, 3.63) is 0 Å². The van der Waals surface area contributed by atoms with Crippen molar-refractivity contribution in [2.45, 2.75) is 63.4 Å². The van der Waals surface area contributed by atoms with Crippen molar-refractivity contribution in [2.24, 2.45) is 11.7 Å². The number of nitrogens with two attached hydrogens (primary N) is 1. The topological polar surface area (TPSA) is 81.8 Å². The smallest absolute Gasteiger partial charge is 0.326 e. The van der Waals surface area contributed by atoms with Crippen molar-refractivity contribution >= 4 is 5.97 Å². The van der Waals surface area contributed by atoms with Crippen molar-refractivity contribution < 1.29 is 19.4 Å². The Morgan fingerprint density at radius 1 is 1.39 bits per heavy atom. The zero-order chi connectivity index (χ0) is 13.3. The summed E-state index contributed by atoms with van der Waals surface area (Å²) in [7, 11) is 0. The zero-order valence-corrected chi connectivity index (χ0v) is 11.1. The van der Waals surface area contributed by atoms with E-state index in [2.05, 4.69) is 0 Å². The second-order valence-corrected chi connectivity index (χ2v) is 5.78. The fourth-order valence-electron chi connectivity index (χ4n) is 2.69. The van der Waals surface area contributed by atoms with Gasteiger partial charge >= 0.3 is 5.97 Å². The molecule has 1 saturated heterocycles. The van der Waals surface area contributed by atoms with Crippen LogP contribution in [-0.2, 0) is 14.3 Å². The monoisotopic (exact) mass is 257 g/mol. The molecule has 104 valence electrons. The van der Waals surface area contributed by atoms with Crippen LogP contribution in [0.4, 0.5) is 0 Å². The minimum absolute atomic E-state index is 0.0600. The van der Waals surface area contributed by atoms with Crippen molar-refractivity contribution in [2.75, 3.05) is 6.61 Å². The van der Waals surface area contributed by atoms with Gasteiger partial charge in [-0.1, -0.05) is 0 Å². The fourth-order valence-corrected chi connectivity index (χ4v) is 2.69. The van der Waals surface area contributed by atoms with E-state index in [0.29, 0.717) is 0 Å². The quantitative estimate of drug-likeness (QED) is 0.772. The number of aliphatic carboxylic acids is 1. The lowest BCUT2D eigenvalue weighted by atomic mass is 9.95. The molecule has 0 spiro atoms. The first kappa shape index (κ1) is 13.8. The average molecular weight is 257 g/mol. The van der Waals surface area contributed by atoms with Crippen molar-refractivity contribution in [3.63, 3.8) is 0 Å². The third-order valence-corrected chi connectivity index (χ3v) is 3.92. The minimum Gasteiger partial charge on any atom is -0.480 e. The van der Waals surface area contributed by atoms with Gasteiger partial charge in [-0.25, -0.2) is 0 Å². The van der Waals surface area contributed by atoms with Gasteiger partial charge in [0.05, 0.1) is 24.9 Å². The summed E-state index contributed by atoms with van der Waals surface area (Å²) >= 11 is 0. The summed E-state index contributed by atoms with van der Waals surface area (Å²) < 4.78 is 11.4. The number of carboxylic acid groups (broad SMARTS) is 1. The Kier molecular flexibility index (Phi) is 3.94. The van der Waals surface area contributed by atoms with Gasteiger partial charge in [0, 0.05) is 0 Å². The van der Waals surface area contributed by atoms with Crippen LogP contribution in [0.3, 0.4) is 0 Å². The number of carboxylic acids is 1. The Morgan fingerprint density at radius 3 is 2.39 bits per heavy atom. The van der Waals surface area contributed by atoms with E-state index in [0.717, 1.165) is 25.7 Å². The van der Waals surface area contributed by atoms with E-state index < -0.39 is 11.5 Å². The predicted octanol–water partition coefficient (Wildman–Crippen LogP) is 1.15. The highest BCUT2D eigenvalue weighted by molar-refractivity contribution is 5.79. The Bertz CT molecular complexity index is 308. The number of hydrogen-bond acceptors (Lipinski definition) is 4. The van der Waals surface area contributed by atoms with Gasteiger partial charge in [-0.2, -0.15) is 0 Å². The molecule has 0 aromatic carbocycles. The van der Waals surface area contributed by atoms with Gasteiger partial charge in [-0.15, -0.1) is 0 Å². The standard InChI is InChI=1S/C13H23NO4/c1-8-5-11(6-9(2)18-8)17-7-13(14,12(15)16)10-3-4-10/h8-11H,3-7,14H2,1-2H3,(H,15,16). The third kappa shape index (κ3) is 3.02. The summed E-state index contributed by atoms with van der Waals surface area (Å²) in [5, 5.41) is 9.25. The molecule has 1 heterocycles. The van der Waals surface area contributed by atoms with Crippen LogP contribution >= 0.6 is 0 Å². The highest BCUT2D eigenvalue weighted by Gasteiger charge is 2.49. The molecule has 1 aliphatic carbocycles. The molecule has 5 heteroatoms. The maximum atomic E-state index is 11.3. The summed E-state index contributed by atoms with van der Waals surface area (Å²) in [4.78, 5) is 11.3. The molecule has 0 aromatic rings. The fraction of sp³-hybridized carbons (Fsp3) is 0.923. The zero-order valence-electron chi connectivity index (χ0n) is 11.1. The number of hydrogen-bond donors (Lipinski definition) is 2. The highest BCUT2D eigenvalue weighted by atomic mass is 16.5. The number of ether oxygens (including phenoxy) is 2. The highest BCUT2D eigenvalue weighted by Crippen LogP contribution is 2.39. The van der Waals surface area contributed by atoms with Crippen molar-refractivity contribution in [1.29, 1.82) is 0 Å². The van der Waals surface area contributed by atoms with Crippen LogP contribution in [0.2, 0.25) is 0 Å². The van der Waals surface area contributed by atoms with E-state index in [9.17, 15) is 9.90 Å². The largest absolute Gasteiger partial charge is 0.480 e. The Morgan fingerprint density at radius 2 is 1.94 bits per heavy atom. The SMILES string of the molecule is CC1CC(OCC(N)(C(=O)O)C2CC2)CC(C)O1. The molecule has 2 fully saturated rings. The molecule has 0 aromatic heterocycles. The normalized spacial score (nSPS) is 36.1. The van der Waals surface area contributed by atoms with E-state index in [-0.39, 0.29) is 30.8 Å². The Labute approximate surface area is 108 Å². The molecule has 3 N–H and O–H groups in total. The molecule has 18 heavy (non-hydrogen) atoms. The molecular formula is C13H23NO4. The lowest BCUT2D eigenvalue weighted by molar-refractivity contribution is -0.151. The minimum atomic E-state index is -1.20. The van der Waals surface area contributed by atoms with Gasteiger partial charge in [-0.05, 0) is 45.4 Å². The summed E-state index contributed by atoms with van der Waals surface area (Å²) in [6.45, 7) is 4.14. The molecule has 2 aliphatic rings. The van der Waals surface area contributed by atoms with Gasteiger partial charge in [0.25, 0.3) is 0 Å². The van der Waals surface area contributed by atoms with Crippen LogP contribution in [0.5, 0.6) is 0 Å². The third-order valence-electron chi connectivity index (χ3n) is 3.92. The van der Waals surface area contributed by atoms with Gasteiger partial charge in [0.2, 0.25) is 0 Å². The molecule has 0 amide bonds. The molecule has 1 saturated carbocycles. The number of carbonyl (C=O) groups is 1. The first-order valence-corrected chi connectivity index (χ1v) is 6.71. The maximum absolute atomic E-state index is 11.3. The average Bonchev–Trinajstić information content (AvgIpc) is 3.08. The molecule has 3 unspecified atom stereocenters. The first-order valence-electron chi connectivity index (χ1n) is 6.71. The van der Waals surface area contributed by atoms with E-state index in [4.69, 9.17) is 15.2 Å². The lowest BCUT2D eigenvalue weighted by Crippen LogP contribution is -2.55. The van der Waals surface area contributed by atoms with E-state index in [1.807, 2.05) is 13.8 Å². The summed E-state index contributed by atoms with van der Waals surface area (Å²) in [5.41, 5.74) is 4.77. The molecule has 1 aliphatic heterocycles. The molecule has 2 rings (SSSR count). The molecule has 5 nitrogen and oxygen atoms in total. The summed E-state index contributed by atoms with van der Waals surface area (Å²) in [5.74, 6) is -0.872. The van der Waals surface area contributed by atoms with Gasteiger partial charge in [0.15, 0.2) is 0 Å².